The third-order valence-electron chi connectivity index (χ3n) is 5.16. The van der Waals surface area contributed by atoms with Crippen LogP contribution in [0.5, 0.6) is 0 Å². The topological polar surface area (TPSA) is 82.1 Å². The van der Waals surface area contributed by atoms with Gasteiger partial charge in [-0.1, -0.05) is 30.3 Å². The molecule has 0 aliphatic carbocycles. The number of thiazole rings is 1. The molecule has 1 fully saturated rings. The highest BCUT2D eigenvalue weighted by Gasteiger charge is 2.22. The van der Waals surface area contributed by atoms with Crippen molar-refractivity contribution < 1.29 is 9.15 Å². The molecule has 31 heavy (non-hydrogen) atoms. The van der Waals surface area contributed by atoms with Gasteiger partial charge in [-0.25, -0.2) is 14.6 Å². The molecule has 8 nitrogen and oxygen atoms in total. The lowest BCUT2D eigenvalue weighted by Gasteiger charge is -2.27. The van der Waals surface area contributed by atoms with E-state index in [1.165, 1.54) is 11.3 Å². The molecule has 0 unspecified atom stereocenters. The predicted molar refractivity (Wildman–Crippen MR) is 119 cm³/mol. The smallest absolute Gasteiger partial charge is 0.253 e. The van der Waals surface area contributed by atoms with E-state index in [1.807, 2.05) is 54.0 Å². The maximum absolute atomic E-state index is 6.17. The van der Waals surface area contributed by atoms with Gasteiger partial charge in [-0.2, -0.15) is 10.1 Å². The predicted octanol–water partition coefficient (Wildman–Crippen LogP) is 4.04. The number of nitrogens with zero attached hydrogens (tertiary/aromatic N) is 6. The van der Waals surface area contributed by atoms with Gasteiger partial charge in [0.15, 0.2) is 22.2 Å². The molecule has 1 saturated heterocycles. The Kier molecular flexibility index (Phi) is 4.47. The van der Waals surface area contributed by atoms with Crippen LogP contribution >= 0.6 is 11.3 Å². The molecule has 6 rings (SSSR count). The number of anilines is 1. The first-order valence-electron chi connectivity index (χ1n) is 10.0. The van der Waals surface area contributed by atoms with Gasteiger partial charge in [-0.3, -0.25) is 0 Å². The number of fused-ring (bicyclic) bond motifs is 1. The van der Waals surface area contributed by atoms with Crippen LogP contribution in [0, 0.1) is 0 Å². The van der Waals surface area contributed by atoms with Crippen LogP contribution in [0.1, 0.15) is 0 Å². The molecule has 0 N–H and O–H groups in total. The van der Waals surface area contributed by atoms with Crippen molar-refractivity contribution in [3.8, 4) is 28.0 Å². The van der Waals surface area contributed by atoms with Crippen LogP contribution < -0.4 is 4.90 Å². The molecule has 0 bridgehead atoms. The van der Waals surface area contributed by atoms with Gasteiger partial charge in [-0.05, 0) is 6.07 Å². The standard InChI is InChI=1S/C22H18N6O2S/c1-2-4-15(5-3-1)16-6-8-28(26-16)22-24-17-14-18(21-23-7-13-31-21)30-19(17)20(25-22)27-9-11-29-12-10-27/h1-8,13-14H,9-12H2. The number of aromatic nitrogens is 5. The van der Waals surface area contributed by atoms with E-state index in [0.717, 1.165) is 40.7 Å². The Hall–Kier alpha value is -3.56. The Labute approximate surface area is 181 Å². The van der Waals surface area contributed by atoms with E-state index < -0.39 is 0 Å². The summed E-state index contributed by atoms with van der Waals surface area (Å²) in [5, 5.41) is 7.45. The average Bonchev–Trinajstić information content (AvgIpc) is 3.60. The molecule has 1 aromatic carbocycles. The molecule has 9 heteroatoms. The Balaban J connectivity index is 1.48. The summed E-state index contributed by atoms with van der Waals surface area (Å²) < 4.78 is 13.4. The molecule has 0 atom stereocenters. The van der Waals surface area contributed by atoms with Gasteiger partial charge in [0.05, 0.1) is 18.9 Å². The van der Waals surface area contributed by atoms with E-state index in [-0.39, 0.29) is 0 Å². The minimum Gasteiger partial charge on any atom is -0.448 e. The van der Waals surface area contributed by atoms with Gasteiger partial charge in [0.2, 0.25) is 0 Å². The van der Waals surface area contributed by atoms with E-state index in [4.69, 9.17) is 24.2 Å². The van der Waals surface area contributed by atoms with Crippen molar-refractivity contribution in [2.24, 2.45) is 0 Å². The maximum atomic E-state index is 6.17. The van der Waals surface area contributed by atoms with Crippen LogP contribution in [0.2, 0.25) is 0 Å². The van der Waals surface area contributed by atoms with Crippen LogP contribution in [-0.4, -0.2) is 51.0 Å². The van der Waals surface area contributed by atoms with Crippen LogP contribution in [0.3, 0.4) is 0 Å². The van der Waals surface area contributed by atoms with Gasteiger partial charge in [0.25, 0.3) is 5.95 Å². The minimum atomic E-state index is 0.502. The van der Waals surface area contributed by atoms with Crippen molar-refractivity contribution in [3.63, 3.8) is 0 Å². The van der Waals surface area contributed by atoms with Gasteiger partial charge in [0, 0.05) is 42.5 Å². The summed E-state index contributed by atoms with van der Waals surface area (Å²) in [7, 11) is 0. The zero-order chi connectivity index (χ0) is 20.6. The fraction of sp³-hybridized carbons (Fsp3) is 0.182. The molecule has 0 spiro atoms. The lowest BCUT2D eigenvalue weighted by Crippen LogP contribution is -2.37. The SMILES string of the molecule is c1ccc(-c2ccn(-c3nc(N4CCOCC4)c4oc(-c5nccs5)cc4n3)n2)cc1. The van der Waals surface area contributed by atoms with Crippen molar-refractivity contribution in [1.82, 2.24) is 24.7 Å². The second-order valence-electron chi connectivity index (χ2n) is 7.12. The summed E-state index contributed by atoms with van der Waals surface area (Å²) in [6.45, 7) is 2.79. The van der Waals surface area contributed by atoms with Crippen molar-refractivity contribution in [3.05, 3.63) is 60.2 Å². The zero-order valence-electron chi connectivity index (χ0n) is 16.5. The number of rotatable bonds is 4. The molecule has 5 heterocycles. The highest BCUT2D eigenvalue weighted by atomic mass is 32.1. The first kappa shape index (κ1) is 18.2. The van der Waals surface area contributed by atoms with E-state index >= 15 is 0 Å². The Morgan fingerprint density at radius 2 is 1.87 bits per heavy atom. The van der Waals surface area contributed by atoms with Crippen LogP contribution in [0.15, 0.2) is 64.7 Å². The molecule has 5 aromatic rings. The van der Waals surface area contributed by atoms with Crippen LogP contribution in [0.25, 0.3) is 39.1 Å². The summed E-state index contributed by atoms with van der Waals surface area (Å²) in [6.07, 6.45) is 3.65. The van der Waals surface area contributed by atoms with E-state index in [2.05, 4.69) is 9.88 Å². The van der Waals surface area contributed by atoms with Gasteiger partial charge in [-0.15, -0.1) is 11.3 Å². The average molecular weight is 430 g/mol. The van der Waals surface area contributed by atoms with Gasteiger partial charge < -0.3 is 14.1 Å². The second-order valence-corrected chi connectivity index (χ2v) is 8.02. The second kappa shape index (κ2) is 7.60. The molecule has 0 saturated carbocycles. The maximum Gasteiger partial charge on any atom is 0.253 e. The van der Waals surface area contributed by atoms with Crippen molar-refractivity contribution in [1.29, 1.82) is 0 Å². The molecule has 1 aliphatic rings. The number of hydrogen-bond donors (Lipinski definition) is 0. The normalized spacial score (nSPS) is 14.4. The number of ether oxygens (including phenoxy) is 1. The highest BCUT2D eigenvalue weighted by Crippen LogP contribution is 2.33. The molecular weight excluding hydrogens is 412 g/mol. The summed E-state index contributed by atoms with van der Waals surface area (Å²) >= 11 is 1.53. The summed E-state index contributed by atoms with van der Waals surface area (Å²) in [5.74, 6) is 1.95. The summed E-state index contributed by atoms with van der Waals surface area (Å²) in [4.78, 5) is 16.1. The largest absolute Gasteiger partial charge is 0.448 e. The summed E-state index contributed by atoms with van der Waals surface area (Å²) in [5.41, 5.74) is 3.30. The Morgan fingerprint density at radius 3 is 2.68 bits per heavy atom. The number of hydrogen-bond acceptors (Lipinski definition) is 8. The van der Waals surface area contributed by atoms with Crippen molar-refractivity contribution >= 4 is 28.3 Å². The molecule has 1 aliphatic heterocycles. The fourth-order valence-electron chi connectivity index (χ4n) is 3.64. The lowest BCUT2D eigenvalue weighted by atomic mass is 10.2. The van der Waals surface area contributed by atoms with E-state index in [9.17, 15) is 0 Å². The third-order valence-corrected chi connectivity index (χ3v) is 5.95. The van der Waals surface area contributed by atoms with Gasteiger partial charge >= 0.3 is 0 Å². The van der Waals surface area contributed by atoms with Gasteiger partial charge in [0.1, 0.15) is 5.52 Å². The first-order valence-corrected chi connectivity index (χ1v) is 10.9. The first-order chi connectivity index (χ1) is 15.3. The number of furan rings is 1. The summed E-state index contributed by atoms with van der Waals surface area (Å²) in [6, 6.07) is 13.9. The van der Waals surface area contributed by atoms with E-state index in [1.54, 1.807) is 10.9 Å². The Bertz CT molecular complexity index is 1320. The highest BCUT2D eigenvalue weighted by molar-refractivity contribution is 7.13. The third kappa shape index (κ3) is 3.37. The van der Waals surface area contributed by atoms with Crippen molar-refractivity contribution in [2.75, 3.05) is 31.2 Å². The van der Waals surface area contributed by atoms with E-state index in [0.29, 0.717) is 30.5 Å². The lowest BCUT2D eigenvalue weighted by molar-refractivity contribution is 0.122. The fourth-order valence-corrected chi connectivity index (χ4v) is 4.23. The zero-order valence-corrected chi connectivity index (χ0v) is 17.3. The minimum absolute atomic E-state index is 0.502. The quantitative estimate of drug-likeness (QED) is 0.426. The molecular formula is C22H18N6O2S. The molecule has 0 amide bonds. The number of benzene rings is 1. The molecule has 0 radical (unpaired) electrons. The monoisotopic (exact) mass is 430 g/mol. The van der Waals surface area contributed by atoms with Crippen LogP contribution in [-0.2, 0) is 4.74 Å². The molecule has 4 aromatic heterocycles. The van der Waals surface area contributed by atoms with Crippen molar-refractivity contribution in [2.45, 2.75) is 0 Å². The Morgan fingerprint density at radius 1 is 1.00 bits per heavy atom. The number of morpholine rings is 1. The molecule has 154 valence electrons. The van der Waals surface area contributed by atoms with Crippen LogP contribution in [0.4, 0.5) is 5.82 Å².